The minimum Gasteiger partial charge on any atom is -0.325 e. The second kappa shape index (κ2) is 5.63. The molecular weight excluding hydrogens is 324 g/mol. The molecule has 0 fully saturated rings. The van der Waals surface area contributed by atoms with Gasteiger partial charge in [-0.05, 0) is 61.7 Å². The molecule has 1 aliphatic heterocycles. The summed E-state index contributed by atoms with van der Waals surface area (Å²) in [6, 6.07) is 11.9. The van der Waals surface area contributed by atoms with Crippen molar-refractivity contribution in [2.75, 3.05) is 10.0 Å². The number of rotatable bonds is 4. The third kappa shape index (κ3) is 2.78. The van der Waals surface area contributed by atoms with Crippen molar-refractivity contribution in [3.8, 4) is 0 Å². The van der Waals surface area contributed by atoms with Crippen LogP contribution >= 0.6 is 0 Å². The fourth-order valence-electron chi connectivity index (χ4n) is 2.75. The molecule has 2 aromatic carbocycles. The van der Waals surface area contributed by atoms with Gasteiger partial charge in [0.25, 0.3) is 10.0 Å². The normalized spacial score (nSPS) is 15.7. The lowest BCUT2D eigenvalue weighted by molar-refractivity contribution is -0.119. The maximum atomic E-state index is 12.5. The smallest absolute Gasteiger partial charge is 0.261 e. The zero-order chi connectivity index (χ0) is 17.5. The number of hydrogen-bond acceptors (Lipinski definition) is 3. The molecule has 1 amide bonds. The first-order valence-corrected chi connectivity index (χ1v) is 9.30. The van der Waals surface area contributed by atoms with E-state index in [0.29, 0.717) is 5.69 Å². The van der Waals surface area contributed by atoms with E-state index in [-0.39, 0.29) is 10.8 Å². The maximum Gasteiger partial charge on any atom is 0.261 e. The van der Waals surface area contributed by atoms with Crippen molar-refractivity contribution < 1.29 is 13.2 Å². The van der Waals surface area contributed by atoms with Crippen LogP contribution in [0.1, 0.15) is 31.9 Å². The number of aryl methyl sites for hydroxylation is 1. The highest BCUT2D eigenvalue weighted by molar-refractivity contribution is 7.92. The number of anilines is 2. The van der Waals surface area contributed by atoms with Gasteiger partial charge in [0.1, 0.15) is 0 Å². The lowest BCUT2D eigenvalue weighted by Crippen LogP contribution is -2.26. The molecule has 1 aliphatic rings. The molecule has 1 heterocycles. The first-order valence-electron chi connectivity index (χ1n) is 7.82. The molecule has 6 heteroatoms. The van der Waals surface area contributed by atoms with Crippen LogP contribution in [0.25, 0.3) is 0 Å². The zero-order valence-corrected chi connectivity index (χ0v) is 14.7. The molecule has 0 aromatic heterocycles. The van der Waals surface area contributed by atoms with E-state index in [9.17, 15) is 13.2 Å². The zero-order valence-electron chi connectivity index (χ0n) is 13.9. The summed E-state index contributed by atoms with van der Waals surface area (Å²) in [7, 11) is -3.66. The third-order valence-electron chi connectivity index (χ3n) is 4.40. The highest BCUT2D eigenvalue weighted by Crippen LogP contribution is 2.39. The minimum absolute atomic E-state index is 0.0901. The van der Waals surface area contributed by atoms with Crippen LogP contribution in [-0.2, 0) is 26.7 Å². The Balaban J connectivity index is 1.91. The Labute approximate surface area is 142 Å². The van der Waals surface area contributed by atoms with Gasteiger partial charge in [0.05, 0.1) is 10.3 Å². The summed E-state index contributed by atoms with van der Waals surface area (Å²) in [4.78, 5) is 12.2. The molecule has 126 valence electrons. The molecule has 24 heavy (non-hydrogen) atoms. The van der Waals surface area contributed by atoms with E-state index < -0.39 is 15.4 Å². The van der Waals surface area contributed by atoms with Crippen molar-refractivity contribution in [2.45, 2.75) is 37.5 Å². The average molecular weight is 344 g/mol. The van der Waals surface area contributed by atoms with E-state index >= 15 is 0 Å². The summed E-state index contributed by atoms with van der Waals surface area (Å²) in [5.74, 6) is -0.0901. The topological polar surface area (TPSA) is 75.3 Å². The molecule has 0 saturated heterocycles. The summed E-state index contributed by atoms with van der Waals surface area (Å²) < 4.78 is 27.7. The van der Waals surface area contributed by atoms with Gasteiger partial charge in [0, 0.05) is 11.4 Å². The second-order valence-corrected chi connectivity index (χ2v) is 8.12. The number of carbonyl (C=O) groups is 1. The summed E-state index contributed by atoms with van der Waals surface area (Å²) >= 11 is 0. The SMILES string of the molecule is CCc1ccc(S(=O)(=O)Nc2ccc3c(c2)C(C)(C)C(=O)N3)cc1. The van der Waals surface area contributed by atoms with Crippen LogP contribution in [0.2, 0.25) is 0 Å². The minimum atomic E-state index is -3.66. The number of fused-ring (bicyclic) bond motifs is 1. The molecule has 0 unspecified atom stereocenters. The van der Waals surface area contributed by atoms with Gasteiger partial charge in [-0.25, -0.2) is 8.42 Å². The molecule has 0 spiro atoms. The van der Waals surface area contributed by atoms with Gasteiger partial charge in [-0.1, -0.05) is 19.1 Å². The Morgan fingerprint density at radius 3 is 2.38 bits per heavy atom. The fraction of sp³-hybridized carbons (Fsp3) is 0.278. The van der Waals surface area contributed by atoms with E-state index in [1.807, 2.05) is 32.9 Å². The number of amides is 1. The van der Waals surface area contributed by atoms with Crippen LogP contribution in [0.4, 0.5) is 11.4 Å². The average Bonchev–Trinajstić information content (AvgIpc) is 2.77. The van der Waals surface area contributed by atoms with Gasteiger partial charge >= 0.3 is 0 Å². The van der Waals surface area contributed by atoms with Crippen LogP contribution in [0.5, 0.6) is 0 Å². The first-order chi connectivity index (χ1) is 11.2. The summed E-state index contributed by atoms with van der Waals surface area (Å²) in [5.41, 5.74) is 2.35. The Hall–Kier alpha value is -2.34. The monoisotopic (exact) mass is 344 g/mol. The van der Waals surface area contributed by atoms with Crippen LogP contribution in [0.15, 0.2) is 47.4 Å². The number of sulfonamides is 1. The standard InChI is InChI=1S/C18H20N2O3S/c1-4-12-5-8-14(9-6-12)24(22,23)20-13-7-10-16-15(11-13)18(2,3)17(21)19-16/h5-11,20H,4H2,1-3H3,(H,19,21). The molecule has 0 bridgehead atoms. The predicted molar refractivity (Wildman–Crippen MR) is 94.7 cm³/mol. The molecule has 0 aliphatic carbocycles. The van der Waals surface area contributed by atoms with Crippen LogP contribution < -0.4 is 10.0 Å². The van der Waals surface area contributed by atoms with Crippen molar-refractivity contribution in [1.82, 2.24) is 0 Å². The predicted octanol–water partition coefficient (Wildman–Crippen LogP) is 3.28. The van der Waals surface area contributed by atoms with Gasteiger partial charge in [-0.2, -0.15) is 0 Å². The molecule has 5 nitrogen and oxygen atoms in total. The van der Waals surface area contributed by atoms with Gasteiger partial charge < -0.3 is 5.32 Å². The second-order valence-electron chi connectivity index (χ2n) is 6.44. The van der Waals surface area contributed by atoms with E-state index in [2.05, 4.69) is 10.0 Å². The van der Waals surface area contributed by atoms with Crippen LogP contribution in [-0.4, -0.2) is 14.3 Å². The molecule has 2 aromatic rings. The molecule has 0 atom stereocenters. The first kappa shape index (κ1) is 16.5. The Bertz CT molecular complexity index is 900. The summed E-state index contributed by atoms with van der Waals surface area (Å²) in [5, 5.41) is 2.81. The van der Waals surface area contributed by atoms with Crippen molar-refractivity contribution in [3.63, 3.8) is 0 Å². The summed E-state index contributed by atoms with van der Waals surface area (Å²) in [6.45, 7) is 5.65. The number of carbonyl (C=O) groups excluding carboxylic acids is 1. The molecule has 0 radical (unpaired) electrons. The molecule has 0 saturated carbocycles. The third-order valence-corrected chi connectivity index (χ3v) is 5.80. The molecule has 2 N–H and O–H groups in total. The quantitative estimate of drug-likeness (QED) is 0.894. The fourth-order valence-corrected chi connectivity index (χ4v) is 3.80. The van der Waals surface area contributed by atoms with E-state index in [1.165, 1.54) is 0 Å². The number of benzene rings is 2. The highest BCUT2D eigenvalue weighted by atomic mass is 32.2. The van der Waals surface area contributed by atoms with Gasteiger partial charge in [0.15, 0.2) is 0 Å². The van der Waals surface area contributed by atoms with Crippen molar-refractivity contribution in [3.05, 3.63) is 53.6 Å². The van der Waals surface area contributed by atoms with Crippen LogP contribution in [0.3, 0.4) is 0 Å². The Kier molecular flexibility index (Phi) is 3.87. The Morgan fingerprint density at radius 2 is 1.75 bits per heavy atom. The highest BCUT2D eigenvalue weighted by Gasteiger charge is 2.38. The lowest BCUT2D eigenvalue weighted by Gasteiger charge is -2.16. The van der Waals surface area contributed by atoms with E-state index in [1.54, 1.807) is 30.3 Å². The van der Waals surface area contributed by atoms with Crippen molar-refractivity contribution in [1.29, 1.82) is 0 Å². The van der Waals surface area contributed by atoms with E-state index in [4.69, 9.17) is 0 Å². The lowest BCUT2D eigenvalue weighted by atomic mass is 9.86. The van der Waals surface area contributed by atoms with Gasteiger partial charge in [-0.3, -0.25) is 9.52 Å². The maximum absolute atomic E-state index is 12.5. The largest absolute Gasteiger partial charge is 0.325 e. The van der Waals surface area contributed by atoms with Crippen LogP contribution in [0, 0.1) is 0 Å². The number of nitrogens with one attached hydrogen (secondary N) is 2. The van der Waals surface area contributed by atoms with E-state index in [0.717, 1.165) is 23.2 Å². The van der Waals surface area contributed by atoms with Gasteiger partial charge in [-0.15, -0.1) is 0 Å². The molecule has 3 rings (SSSR count). The van der Waals surface area contributed by atoms with Crippen molar-refractivity contribution >= 4 is 27.3 Å². The number of hydrogen-bond donors (Lipinski definition) is 2. The summed E-state index contributed by atoms with van der Waals surface area (Å²) in [6.07, 6.45) is 0.856. The van der Waals surface area contributed by atoms with Crippen molar-refractivity contribution in [2.24, 2.45) is 0 Å². The Morgan fingerprint density at radius 1 is 1.08 bits per heavy atom. The van der Waals surface area contributed by atoms with Gasteiger partial charge in [0.2, 0.25) is 5.91 Å². The molecular formula is C18H20N2O3S.